The van der Waals surface area contributed by atoms with Crippen LogP contribution in [-0.2, 0) is 6.42 Å². The first-order valence-corrected chi connectivity index (χ1v) is 8.17. The van der Waals surface area contributed by atoms with Crippen molar-refractivity contribution in [3.63, 3.8) is 0 Å². The van der Waals surface area contributed by atoms with Gasteiger partial charge < -0.3 is 10.4 Å². The average molecular weight is 316 g/mol. The fourth-order valence-electron chi connectivity index (χ4n) is 3.09. The second-order valence-electron chi connectivity index (χ2n) is 5.34. The summed E-state index contributed by atoms with van der Waals surface area (Å²) in [5.41, 5.74) is 2.38. The summed E-state index contributed by atoms with van der Waals surface area (Å²) < 4.78 is 0.863. The van der Waals surface area contributed by atoms with E-state index < -0.39 is 0 Å². The second kappa shape index (κ2) is 4.93. The van der Waals surface area contributed by atoms with Crippen molar-refractivity contribution in [2.24, 2.45) is 0 Å². The lowest BCUT2D eigenvalue weighted by Crippen LogP contribution is -2.06. The predicted octanol–water partition coefficient (Wildman–Crippen LogP) is 5.36. The van der Waals surface area contributed by atoms with E-state index in [2.05, 4.69) is 17.4 Å². The van der Waals surface area contributed by atoms with Gasteiger partial charge in [0.15, 0.2) is 0 Å². The third-order valence-corrected chi connectivity index (χ3v) is 5.42. The summed E-state index contributed by atoms with van der Waals surface area (Å²) in [6.45, 7) is 0. The normalized spacial score (nSPS) is 17.1. The van der Waals surface area contributed by atoms with Crippen LogP contribution in [0.5, 0.6) is 5.75 Å². The van der Waals surface area contributed by atoms with Gasteiger partial charge in [-0.1, -0.05) is 35.9 Å². The number of aryl methyl sites for hydroxylation is 1. The van der Waals surface area contributed by atoms with Crippen LogP contribution in [0.25, 0.3) is 10.8 Å². The van der Waals surface area contributed by atoms with Gasteiger partial charge in [-0.3, -0.25) is 0 Å². The van der Waals surface area contributed by atoms with Crippen LogP contribution in [0.4, 0.5) is 5.69 Å². The van der Waals surface area contributed by atoms with Crippen molar-refractivity contribution in [2.75, 3.05) is 5.32 Å². The number of phenolic OH excluding ortho intramolecular Hbond substituents is 1. The molecule has 106 valence electrons. The van der Waals surface area contributed by atoms with Crippen LogP contribution < -0.4 is 5.32 Å². The molecule has 0 aliphatic heterocycles. The molecule has 1 aromatic heterocycles. The van der Waals surface area contributed by atoms with Crippen molar-refractivity contribution in [3.8, 4) is 5.75 Å². The first-order chi connectivity index (χ1) is 10.2. The van der Waals surface area contributed by atoms with Crippen LogP contribution in [0.1, 0.15) is 22.9 Å². The minimum atomic E-state index is 0.302. The van der Waals surface area contributed by atoms with E-state index in [1.165, 1.54) is 10.4 Å². The van der Waals surface area contributed by atoms with Gasteiger partial charge in [0.2, 0.25) is 0 Å². The monoisotopic (exact) mass is 315 g/mol. The number of hydrogen-bond acceptors (Lipinski definition) is 3. The molecule has 1 aliphatic carbocycles. The zero-order chi connectivity index (χ0) is 14.4. The fraction of sp³-hybridized carbons (Fsp3) is 0.176. The molecule has 4 heteroatoms. The largest absolute Gasteiger partial charge is 0.507 e. The number of rotatable bonds is 2. The van der Waals surface area contributed by atoms with Crippen LogP contribution in [0.3, 0.4) is 0 Å². The zero-order valence-corrected chi connectivity index (χ0v) is 12.8. The first-order valence-electron chi connectivity index (χ1n) is 6.98. The molecule has 1 aliphatic rings. The highest BCUT2D eigenvalue weighted by Gasteiger charge is 2.25. The molecule has 2 N–H and O–H groups in total. The molecule has 0 bridgehead atoms. The molecular formula is C17H14ClNOS. The van der Waals surface area contributed by atoms with Gasteiger partial charge in [0.25, 0.3) is 0 Å². The zero-order valence-electron chi connectivity index (χ0n) is 11.3. The maximum atomic E-state index is 9.97. The van der Waals surface area contributed by atoms with Crippen LogP contribution in [0, 0.1) is 0 Å². The molecule has 0 fully saturated rings. The number of anilines is 1. The molecule has 4 rings (SSSR count). The minimum Gasteiger partial charge on any atom is -0.507 e. The lowest BCUT2D eigenvalue weighted by atomic mass is 10.1. The topological polar surface area (TPSA) is 32.3 Å². The van der Waals surface area contributed by atoms with E-state index in [-0.39, 0.29) is 0 Å². The number of aromatic hydroxyl groups is 1. The third-order valence-electron chi connectivity index (χ3n) is 4.08. The van der Waals surface area contributed by atoms with E-state index in [9.17, 15) is 5.11 Å². The summed E-state index contributed by atoms with van der Waals surface area (Å²) in [4.78, 5) is 1.39. The molecule has 0 saturated heterocycles. The number of hydrogen-bond donors (Lipinski definition) is 2. The lowest BCUT2D eigenvalue weighted by molar-refractivity contribution is 0.481. The Balaban J connectivity index is 1.74. The molecule has 0 amide bonds. The molecule has 0 radical (unpaired) electrons. The molecule has 21 heavy (non-hydrogen) atoms. The number of halogens is 1. The molecule has 0 saturated carbocycles. The Labute approximate surface area is 132 Å². The summed E-state index contributed by atoms with van der Waals surface area (Å²) >= 11 is 7.80. The Morgan fingerprint density at radius 2 is 1.95 bits per heavy atom. The lowest BCUT2D eigenvalue weighted by Gasteiger charge is -2.16. The highest BCUT2D eigenvalue weighted by atomic mass is 35.5. The Morgan fingerprint density at radius 3 is 2.86 bits per heavy atom. The minimum absolute atomic E-state index is 0.302. The van der Waals surface area contributed by atoms with E-state index in [0.29, 0.717) is 11.8 Å². The maximum absolute atomic E-state index is 9.97. The van der Waals surface area contributed by atoms with E-state index in [1.807, 2.05) is 24.3 Å². The molecule has 2 nitrogen and oxygen atoms in total. The van der Waals surface area contributed by atoms with Crippen LogP contribution >= 0.6 is 22.9 Å². The fourth-order valence-corrected chi connectivity index (χ4v) is 4.44. The van der Waals surface area contributed by atoms with Crippen molar-refractivity contribution in [2.45, 2.75) is 18.9 Å². The molecule has 2 aromatic carbocycles. The summed E-state index contributed by atoms with van der Waals surface area (Å²) in [6.07, 6.45) is 2.17. The quantitative estimate of drug-likeness (QED) is 0.667. The average Bonchev–Trinajstić information content (AvgIpc) is 3.01. The number of benzene rings is 2. The molecular weight excluding hydrogens is 302 g/mol. The first kappa shape index (κ1) is 13.0. The Kier molecular flexibility index (Phi) is 3.05. The van der Waals surface area contributed by atoms with Gasteiger partial charge in [0.05, 0.1) is 10.4 Å². The summed E-state index contributed by atoms with van der Waals surface area (Å²) in [7, 11) is 0. The predicted molar refractivity (Wildman–Crippen MR) is 89.6 cm³/mol. The summed E-state index contributed by atoms with van der Waals surface area (Å²) in [5.74, 6) is 0.321. The van der Waals surface area contributed by atoms with E-state index in [0.717, 1.165) is 33.6 Å². The van der Waals surface area contributed by atoms with E-state index in [1.54, 1.807) is 17.4 Å². The smallest absolute Gasteiger partial charge is 0.123 e. The summed E-state index contributed by atoms with van der Waals surface area (Å²) in [6, 6.07) is 14.0. The Bertz CT molecular complexity index is 827. The molecule has 1 heterocycles. The molecule has 1 atom stereocenters. The van der Waals surface area contributed by atoms with Crippen molar-refractivity contribution in [1.29, 1.82) is 0 Å². The molecule has 1 unspecified atom stereocenters. The maximum Gasteiger partial charge on any atom is 0.123 e. The number of fused-ring (bicyclic) bond motifs is 2. The van der Waals surface area contributed by atoms with E-state index >= 15 is 0 Å². The highest BCUT2D eigenvalue weighted by molar-refractivity contribution is 7.16. The van der Waals surface area contributed by atoms with Crippen molar-refractivity contribution < 1.29 is 5.11 Å². The molecule has 3 aromatic rings. The van der Waals surface area contributed by atoms with Crippen LogP contribution in [-0.4, -0.2) is 5.11 Å². The highest BCUT2D eigenvalue weighted by Crippen LogP contribution is 2.42. The van der Waals surface area contributed by atoms with Gasteiger partial charge >= 0.3 is 0 Å². The second-order valence-corrected chi connectivity index (χ2v) is 7.11. The number of phenols is 1. The van der Waals surface area contributed by atoms with Gasteiger partial charge in [-0.05, 0) is 36.6 Å². The number of thiophene rings is 1. The SMILES string of the molecule is Oc1cccc2c(NC3CCc4sc(Cl)cc43)cccc12. The third kappa shape index (κ3) is 2.17. The van der Waals surface area contributed by atoms with Gasteiger partial charge in [0.1, 0.15) is 5.75 Å². The summed E-state index contributed by atoms with van der Waals surface area (Å²) in [5, 5.41) is 15.5. The van der Waals surface area contributed by atoms with Crippen molar-refractivity contribution >= 4 is 39.4 Å². The number of nitrogens with one attached hydrogen (secondary N) is 1. The van der Waals surface area contributed by atoms with Gasteiger partial charge in [0, 0.05) is 21.3 Å². The van der Waals surface area contributed by atoms with Gasteiger partial charge in [-0.15, -0.1) is 11.3 Å². The van der Waals surface area contributed by atoms with E-state index in [4.69, 9.17) is 11.6 Å². The van der Waals surface area contributed by atoms with Crippen molar-refractivity contribution in [3.05, 3.63) is 57.2 Å². The Hall–Kier alpha value is -1.71. The van der Waals surface area contributed by atoms with Crippen LogP contribution in [0.2, 0.25) is 4.34 Å². The van der Waals surface area contributed by atoms with Crippen molar-refractivity contribution in [1.82, 2.24) is 0 Å². The Morgan fingerprint density at radius 1 is 1.14 bits per heavy atom. The van der Waals surface area contributed by atoms with Crippen LogP contribution in [0.15, 0.2) is 42.5 Å². The van der Waals surface area contributed by atoms with Gasteiger partial charge in [-0.2, -0.15) is 0 Å². The molecule has 0 spiro atoms. The standard InChI is InChI=1S/C17H14ClNOS/c18-17-9-12-14(7-8-16(12)21-17)19-13-5-1-4-11-10(13)3-2-6-15(11)20/h1-6,9,14,19-20H,7-8H2. The van der Waals surface area contributed by atoms with Gasteiger partial charge in [-0.25, -0.2) is 0 Å².